The van der Waals surface area contributed by atoms with Gasteiger partial charge in [-0.15, -0.1) is 22.7 Å². The van der Waals surface area contributed by atoms with Crippen molar-refractivity contribution >= 4 is 44.7 Å². The maximum Gasteiger partial charge on any atom is 0.263 e. The molecule has 1 aromatic carbocycles. The number of nitrogens with one attached hydrogen (secondary N) is 1. The molecule has 0 aliphatic carbocycles. The number of thiazole rings is 1. The number of carbonyl (C=O) groups excluding carboxylic acids is 2. The fourth-order valence-electron chi connectivity index (χ4n) is 3.40. The van der Waals surface area contributed by atoms with Crippen molar-refractivity contribution < 1.29 is 9.59 Å². The smallest absolute Gasteiger partial charge is 0.263 e. The molecule has 1 saturated heterocycles. The Morgan fingerprint density at radius 3 is 2.93 bits per heavy atom. The van der Waals surface area contributed by atoms with Crippen LogP contribution in [0.5, 0.6) is 0 Å². The second-order valence-corrected chi connectivity index (χ2v) is 8.75. The lowest BCUT2D eigenvalue weighted by Crippen LogP contribution is -2.45. The van der Waals surface area contributed by atoms with Crippen LogP contribution in [0.2, 0.25) is 0 Å². The lowest BCUT2D eigenvalue weighted by atomic mass is 9.97. The molecule has 3 heterocycles. The van der Waals surface area contributed by atoms with E-state index < -0.39 is 0 Å². The zero-order valence-electron chi connectivity index (χ0n) is 14.9. The molecule has 1 fully saturated rings. The van der Waals surface area contributed by atoms with Crippen molar-refractivity contribution in [3.05, 3.63) is 51.7 Å². The minimum absolute atomic E-state index is 0.0389. The van der Waals surface area contributed by atoms with Gasteiger partial charge in [0.05, 0.1) is 26.0 Å². The molecule has 27 heavy (non-hydrogen) atoms. The van der Waals surface area contributed by atoms with E-state index in [1.165, 1.54) is 16.0 Å². The summed E-state index contributed by atoms with van der Waals surface area (Å²) in [6.07, 6.45) is 2.43. The van der Waals surface area contributed by atoms with Crippen LogP contribution < -0.4 is 5.32 Å². The van der Waals surface area contributed by atoms with E-state index in [0.29, 0.717) is 13.1 Å². The first-order valence-corrected chi connectivity index (χ1v) is 10.9. The molecule has 1 aliphatic heterocycles. The maximum absolute atomic E-state index is 12.6. The van der Waals surface area contributed by atoms with Crippen LogP contribution in [0.25, 0.3) is 10.2 Å². The summed E-state index contributed by atoms with van der Waals surface area (Å²) in [4.78, 5) is 32.2. The Kier molecular flexibility index (Phi) is 5.50. The third-order valence-corrected chi connectivity index (χ3v) is 6.74. The lowest BCUT2D eigenvalue weighted by Gasteiger charge is -2.31. The van der Waals surface area contributed by atoms with Gasteiger partial charge in [-0.05, 0) is 36.4 Å². The molecule has 0 spiro atoms. The topological polar surface area (TPSA) is 62.3 Å². The number of para-hydroxylation sites is 1. The summed E-state index contributed by atoms with van der Waals surface area (Å²) in [5, 5.41) is 5.97. The summed E-state index contributed by atoms with van der Waals surface area (Å²) in [6, 6.07) is 11.8. The molecule has 0 saturated carbocycles. The van der Waals surface area contributed by atoms with Gasteiger partial charge in [-0.3, -0.25) is 9.59 Å². The van der Waals surface area contributed by atoms with Crippen molar-refractivity contribution in [1.29, 1.82) is 0 Å². The standard InChI is InChI=1S/C20H21N3O2S2/c24-19(21-10-9-18-22-15-6-1-2-7-16(15)27-18)14-5-3-11-23(13-14)20(25)17-8-4-12-26-17/h1-2,4,6-8,12,14H,3,5,9-11,13H2,(H,21,24). The Balaban J connectivity index is 1.29. The monoisotopic (exact) mass is 399 g/mol. The first-order chi connectivity index (χ1) is 13.2. The van der Waals surface area contributed by atoms with Crippen LogP contribution in [0.4, 0.5) is 0 Å². The molecule has 2 aromatic heterocycles. The minimum Gasteiger partial charge on any atom is -0.355 e. The molecular formula is C20H21N3O2S2. The Labute approximate surface area is 166 Å². The minimum atomic E-state index is -0.127. The van der Waals surface area contributed by atoms with Crippen LogP contribution in [-0.2, 0) is 11.2 Å². The first kappa shape index (κ1) is 18.1. The molecule has 4 rings (SSSR count). The molecule has 3 aromatic rings. The van der Waals surface area contributed by atoms with Crippen LogP contribution in [0, 0.1) is 5.92 Å². The predicted molar refractivity (Wildman–Crippen MR) is 109 cm³/mol. The number of piperidine rings is 1. The van der Waals surface area contributed by atoms with Crippen LogP contribution in [0.15, 0.2) is 41.8 Å². The second-order valence-electron chi connectivity index (χ2n) is 6.68. The van der Waals surface area contributed by atoms with Gasteiger partial charge in [-0.1, -0.05) is 18.2 Å². The van der Waals surface area contributed by atoms with Crippen molar-refractivity contribution in [2.45, 2.75) is 19.3 Å². The largest absolute Gasteiger partial charge is 0.355 e. The van der Waals surface area contributed by atoms with E-state index >= 15 is 0 Å². The fourth-order valence-corrected chi connectivity index (χ4v) is 5.05. The van der Waals surface area contributed by atoms with Gasteiger partial charge in [-0.2, -0.15) is 0 Å². The molecule has 1 atom stereocenters. The van der Waals surface area contributed by atoms with Gasteiger partial charge in [-0.25, -0.2) is 4.98 Å². The van der Waals surface area contributed by atoms with E-state index in [-0.39, 0.29) is 17.7 Å². The molecule has 7 heteroatoms. The predicted octanol–water partition coefficient (Wildman–Crippen LogP) is 3.57. The number of nitrogens with zero attached hydrogens (tertiary/aromatic N) is 2. The van der Waals surface area contributed by atoms with Gasteiger partial charge in [0.15, 0.2) is 0 Å². The Morgan fingerprint density at radius 1 is 1.22 bits per heavy atom. The zero-order valence-corrected chi connectivity index (χ0v) is 16.5. The average Bonchev–Trinajstić information content (AvgIpc) is 3.37. The summed E-state index contributed by atoms with van der Waals surface area (Å²) >= 11 is 3.12. The molecule has 5 nitrogen and oxygen atoms in total. The van der Waals surface area contributed by atoms with Crippen LogP contribution >= 0.6 is 22.7 Å². The number of rotatable bonds is 5. The van der Waals surface area contributed by atoms with Crippen molar-refractivity contribution in [3.63, 3.8) is 0 Å². The molecule has 0 radical (unpaired) electrons. The number of benzene rings is 1. The van der Waals surface area contributed by atoms with Crippen molar-refractivity contribution in [1.82, 2.24) is 15.2 Å². The summed E-state index contributed by atoms with van der Waals surface area (Å²) in [5.74, 6) is -0.0465. The summed E-state index contributed by atoms with van der Waals surface area (Å²) in [5.41, 5.74) is 1.01. The lowest BCUT2D eigenvalue weighted by molar-refractivity contribution is -0.126. The molecule has 1 unspecified atom stereocenters. The van der Waals surface area contributed by atoms with Gasteiger partial charge in [0.1, 0.15) is 0 Å². The summed E-state index contributed by atoms with van der Waals surface area (Å²) in [7, 11) is 0. The quantitative estimate of drug-likeness (QED) is 0.713. The van der Waals surface area contributed by atoms with Gasteiger partial charge >= 0.3 is 0 Å². The van der Waals surface area contributed by atoms with Gasteiger partial charge < -0.3 is 10.2 Å². The van der Waals surface area contributed by atoms with Crippen molar-refractivity contribution in [2.24, 2.45) is 5.92 Å². The number of hydrogen-bond donors (Lipinski definition) is 1. The number of aromatic nitrogens is 1. The van der Waals surface area contributed by atoms with Gasteiger partial charge in [0.25, 0.3) is 5.91 Å². The van der Waals surface area contributed by atoms with E-state index in [9.17, 15) is 9.59 Å². The summed E-state index contributed by atoms with van der Waals surface area (Å²) < 4.78 is 1.17. The Morgan fingerprint density at radius 2 is 2.11 bits per heavy atom. The van der Waals surface area contributed by atoms with Crippen LogP contribution in [0.3, 0.4) is 0 Å². The zero-order chi connectivity index (χ0) is 18.6. The highest BCUT2D eigenvalue weighted by molar-refractivity contribution is 7.18. The van der Waals surface area contributed by atoms with Gasteiger partial charge in [0, 0.05) is 26.1 Å². The third kappa shape index (κ3) is 4.20. The van der Waals surface area contributed by atoms with E-state index in [1.807, 2.05) is 40.6 Å². The molecular weight excluding hydrogens is 378 g/mol. The molecule has 1 aliphatic rings. The van der Waals surface area contributed by atoms with E-state index in [4.69, 9.17) is 0 Å². The van der Waals surface area contributed by atoms with E-state index in [0.717, 1.165) is 41.2 Å². The first-order valence-electron chi connectivity index (χ1n) is 9.15. The van der Waals surface area contributed by atoms with Gasteiger partial charge in [0.2, 0.25) is 5.91 Å². The number of amides is 2. The Bertz CT molecular complexity index is 903. The average molecular weight is 400 g/mol. The normalized spacial score (nSPS) is 17.2. The number of carbonyl (C=O) groups is 2. The van der Waals surface area contributed by atoms with E-state index in [1.54, 1.807) is 11.3 Å². The number of hydrogen-bond acceptors (Lipinski definition) is 5. The van der Waals surface area contributed by atoms with Crippen molar-refractivity contribution in [2.75, 3.05) is 19.6 Å². The summed E-state index contributed by atoms with van der Waals surface area (Å²) in [6.45, 7) is 1.81. The maximum atomic E-state index is 12.6. The molecule has 140 valence electrons. The number of fused-ring (bicyclic) bond motifs is 1. The molecule has 0 bridgehead atoms. The Hall–Kier alpha value is -2.25. The van der Waals surface area contributed by atoms with Crippen LogP contribution in [-0.4, -0.2) is 41.3 Å². The van der Waals surface area contributed by atoms with Crippen LogP contribution in [0.1, 0.15) is 27.5 Å². The highest BCUT2D eigenvalue weighted by atomic mass is 32.1. The number of likely N-dealkylation sites (tertiary alicyclic amines) is 1. The van der Waals surface area contributed by atoms with Crippen molar-refractivity contribution in [3.8, 4) is 0 Å². The molecule has 1 N–H and O–H groups in total. The fraction of sp³-hybridized carbons (Fsp3) is 0.350. The SMILES string of the molecule is O=C(NCCc1nc2ccccc2s1)C1CCCN(C(=O)c2cccs2)C1. The second kappa shape index (κ2) is 8.19. The third-order valence-electron chi connectivity index (χ3n) is 4.79. The van der Waals surface area contributed by atoms with E-state index in [2.05, 4.69) is 16.4 Å². The highest BCUT2D eigenvalue weighted by Crippen LogP contribution is 2.22. The highest BCUT2D eigenvalue weighted by Gasteiger charge is 2.29. The molecule has 2 amide bonds. The number of thiophene rings is 1.